The van der Waals surface area contributed by atoms with Crippen molar-refractivity contribution in [3.05, 3.63) is 47.5 Å². The molecule has 0 aliphatic carbocycles. The van der Waals surface area contributed by atoms with Crippen LogP contribution in [-0.2, 0) is 24.8 Å². The highest BCUT2D eigenvalue weighted by atomic mass is 16.4. The van der Waals surface area contributed by atoms with Gasteiger partial charge in [-0.1, -0.05) is 24.3 Å². The number of rotatable bonds is 6. The Balaban J connectivity index is 1.91. The zero-order chi connectivity index (χ0) is 14.5. The SMILES string of the molecule is CC(NCc1ccc(CC(=O)O)cc1)c1nncn1C. The summed E-state index contributed by atoms with van der Waals surface area (Å²) in [5, 5.41) is 20.0. The molecule has 0 saturated carbocycles. The van der Waals surface area contributed by atoms with Gasteiger partial charge in [0.1, 0.15) is 12.2 Å². The maximum atomic E-state index is 10.6. The van der Waals surface area contributed by atoms with Crippen LogP contribution in [0.4, 0.5) is 0 Å². The van der Waals surface area contributed by atoms with Gasteiger partial charge in [0.2, 0.25) is 0 Å². The quantitative estimate of drug-likeness (QED) is 0.829. The Bertz CT molecular complexity index is 577. The normalized spacial score (nSPS) is 12.3. The van der Waals surface area contributed by atoms with Crippen molar-refractivity contribution in [1.29, 1.82) is 0 Å². The van der Waals surface area contributed by atoms with E-state index < -0.39 is 5.97 Å². The molecule has 0 spiro atoms. The van der Waals surface area contributed by atoms with E-state index in [9.17, 15) is 4.79 Å². The lowest BCUT2D eigenvalue weighted by Crippen LogP contribution is -2.21. The third-order valence-electron chi connectivity index (χ3n) is 3.12. The van der Waals surface area contributed by atoms with Crippen LogP contribution < -0.4 is 5.32 Å². The summed E-state index contributed by atoms with van der Waals surface area (Å²) < 4.78 is 1.88. The summed E-state index contributed by atoms with van der Waals surface area (Å²) >= 11 is 0. The molecule has 6 heteroatoms. The first-order valence-corrected chi connectivity index (χ1v) is 6.43. The van der Waals surface area contributed by atoms with E-state index in [-0.39, 0.29) is 12.5 Å². The Morgan fingerprint density at radius 1 is 1.35 bits per heavy atom. The summed E-state index contributed by atoms with van der Waals surface area (Å²) in [6.07, 6.45) is 1.73. The molecule has 2 N–H and O–H groups in total. The molecule has 2 aromatic rings. The van der Waals surface area contributed by atoms with Crippen molar-refractivity contribution in [2.24, 2.45) is 7.05 Å². The van der Waals surface area contributed by atoms with E-state index in [2.05, 4.69) is 15.5 Å². The molecule has 1 heterocycles. The van der Waals surface area contributed by atoms with Gasteiger partial charge in [-0.15, -0.1) is 10.2 Å². The van der Waals surface area contributed by atoms with E-state index >= 15 is 0 Å². The van der Waals surface area contributed by atoms with Crippen molar-refractivity contribution in [2.45, 2.75) is 25.9 Å². The number of benzene rings is 1. The largest absolute Gasteiger partial charge is 0.481 e. The van der Waals surface area contributed by atoms with Crippen LogP contribution in [0.1, 0.15) is 29.9 Å². The van der Waals surface area contributed by atoms with Gasteiger partial charge in [0.05, 0.1) is 12.5 Å². The van der Waals surface area contributed by atoms with Crippen LogP contribution >= 0.6 is 0 Å². The lowest BCUT2D eigenvalue weighted by molar-refractivity contribution is -0.136. The zero-order valence-electron chi connectivity index (χ0n) is 11.6. The molecule has 0 amide bonds. The number of carboxylic acid groups (broad SMARTS) is 1. The number of aryl methyl sites for hydroxylation is 1. The van der Waals surface area contributed by atoms with Gasteiger partial charge in [-0.05, 0) is 18.1 Å². The van der Waals surface area contributed by atoms with Gasteiger partial charge in [0.15, 0.2) is 0 Å². The van der Waals surface area contributed by atoms with Crippen LogP contribution in [0.3, 0.4) is 0 Å². The number of aromatic nitrogens is 3. The lowest BCUT2D eigenvalue weighted by atomic mass is 10.1. The van der Waals surface area contributed by atoms with Crippen molar-refractivity contribution in [3.63, 3.8) is 0 Å². The predicted octanol–water partition coefficient (Wildman–Crippen LogP) is 1.29. The number of nitrogens with zero attached hydrogens (tertiary/aromatic N) is 3. The topological polar surface area (TPSA) is 80.0 Å². The van der Waals surface area contributed by atoms with Crippen molar-refractivity contribution in [3.8, 4) is 0 Å². The van der Waals surface area contributed by atoms with Gasteiger partial charge in [-0.25, -0.2) is 0 Å². The summed E-state index contributed by atoms with van der Waals surface area (Å²) in [6, 6.07) is 7.67. The molecule has 0 fully saturated rings. The Morgan fingerprint density at radius 2 is 2.00 bits per heavy atom. The molecule has 0 saturated heterocycles. The van der Waals surface area contributed by atoms with E-state index in [1.54, 1.807) is 6.33 Å². The van der Waals surface area contributed by atoms with Crippen molar-refractivity contribution in [2.75, 3.05) is 0 Å². The van der Waals surface area contributed by atoms with E-state index in [1.807, 2.05) is 42.8 Å². The molecule has 2 rings (SSSR count). The third kappa shape index (κ3) is 3.64. The van der Waals surface area contributed by atoms with Crippen molar-refractivity contribution < 1.29 is 9.90 Å². The molecule has 0 aliphatic rings. The van der Waals surface area contributed by atoms with Crippen molar-refractivity contribution in [1.82, 2.24) is 20.1 Å². The molecule has 0 aliphatic heterocycles. The first-order valence-electron chi connectivity index (χ1n) is 6.43. The van der Waals surface area contributed by atoms with Crippen LogP contribution in [0, 0.1) is 0 Å². The molecule has 1 aromatic heterocycles. The fraction of sp³-hybridized carbons (Fsp3) is 0.357. The highest BCUT2D eigenvalue weighted by Gasteiger charge is 2.10. The predicted molar refractivity (Wildman–Crippen MR) is 74.0 cm³/mol. The van der Waals surface area contributed by atoms with Gasteiger partial charge in [0.25, 0.3) is 0 Å². The molecule has 1 aromatic carbocycles. The van der Waals surface area contributed by atoms with Crippen LogP contribution in [0.5, 0.6) is 0 Å². The molecule has 1 unspecified atom stereocenters. The zero-order valence-corrected chi connectivity index (χ0v) is 11.6. The van der Waals surface area contributed by atoms with Gasteiger partial charge < -0.3 is 15.0 Å². The van der Waals surface area contributed by atoms with E-state index in [0.717, 1.165) is 17.0 Å². The van der Waals surface area contributed by atoms with E-state index in [0.29, 0.717) is 6.54 Å². The maximum Gasteiger partial charge on any atom is 0.307 e. The molecular weight excluding hydrogens is 256 g/mol. The van der Waals surface area contributed by atoms with E-state index in [4.69, 9.17) is 5.11 Å². The summed E-state index contributed by atoms with van der Waals surface area (Å²) in [6.45, 7) is 2.73. The molecule has 1 atom stereocenters. The number of carboxylic acids is 1. The smallest absolute Gasteiger partial charge is 0.307 e. The Kier molecular flexibility index (Phi) is 4.47. The van der Waals surface area contributed by atoms with Crippen molar-refractivity contribution >= 4 is 5.97 Å². The van der Waals surface area contributed by atoms with Gasteiger partial charge in [-0.2, -0.15) is 0 Å². The average molecular weight is 274 g/mol. The maximum absolute atomic E-state index is 10.6. The highest BCUT2D eigenvalue weighted by Crippen LogP contribution is 2.10. The highest BCUT2D eigenvalue weighted by molar-refractivity contribution is 5.70. The molecule has 106 valence electrons. The molecule has 0 bridgehead atoms. The summed E-state index contributed by atoms with van der Waals surface area (Å²) in [5.74, 6) is 0.0688. The van der Waals surface area contributed by atoms with Crippen LogP contribution in [0.2, 0.25) is 0 Å². The van der Waals surface area contributed by atoms with Gasteiger partial charge in [0, 0.05) is 13.6 Å². The number of hydrogen-bond donors (Lipinski definition) is 2. The monoisotopic (exact) mass is 274 g/mol. The number of nitrogens with one attached hydrogen (secondary N) is 1. The first kappa shape index (κ1) is 14.2. The Labute approximate surface area is 117 Å². The Hall–Kier alpha value is -2.21. The lowest BCUT2D eigenvalue weighted by Gasteiger charge is -2.13. The van der Waals surface area contributed by atoms with E-state index in [1.165, 1.54) is 0 Å². The summed E-state index contributed by atoms with van der Waals surface area (Å²) in [4.78, 5) is 10.6. The standard InChI is InChI=1S/C14H18N4O2/c1-10(14-17-16-9-18(14)2)15-8-12-5-3-11(4-6-12)7-13(19)20/h3-6,9-10,15H,7-8H2,1-2H3,(H,19,20). The second-order valence-electron chi connectivity index (χ2n) is 4.79. The van der Waals surface area contributed by atoms with Crippen LogP contribution in [-0.4, -0.2) is 25.8 Å². The molecular formula is C14H18N4O2. The fourth-order valence-electron chi connectivity index (χ4n) is 2.00. The summed E-state index contributed by atoms with van der Waals surface area (Å²) in [5.41, 5.74) is 1.91. The molecule has 0 radical (unpaired) electrons. The second kappa shape index (κ2) is 6.29. The third-order valence-corrected chi connectivity index (χ3v) is 3.12. The van der Waals surface area contributed by atoms with Crippen LogP contribution in [0.15, 0.2) is 30.6 Å². The molecule has 20 heavy (non-hydrogen) atoms. The minimum absolute atomic E-state index is 0.0586. The number of hydrogen-bond acceptors (Lipinski definition) is 4. The molecule has 6 nitrogen and oxygen atoms in total. The van der Waals surface area contributed by atoms with Gasteiger partial charge in [-0.3, -0.25) is 4.79 Å². The fourth-order valence-corrected chi connectivity index (χ4v) is 2.00. The average Bonchev–Trinajstić information content (AvgIpc) is 2.83. The van der Waals surface area contributed by atoms with Crippen LogP contribution in [0.25, 0.3) is 0 Å². The number of carbonyl (C=O) groups is 1. The number of aliphatic carboxylic acids is 1. The Morgan fingerprint density at radius 3 is 2.55 bits per heavy atom. The minimum atomic E-state index is -0.813. The second-order valence-corrected chi connectivity index (χ2v) is 4.79. The summed E-state index contributed by atoms with van der Waals surface area (Å²) in [7, 11) is 1.91. The first-order chi connectivity index (χ1) is 9.56. The van der Waals surface area contributed by atoms with Gasteiger partial charge >= 0.3 is 5.97 Å². The minimum Gasteiger partial charge on any atom is -0.481 e.